The van der Waals surface area contributed by atoms with Gasteiger partial charge in [0, 0.05) is 71.8 Å². The summed E-state index contributed by atoms with van der Waals surface area (Å²) in [5.74, 6) is 0. The Morgan fingerprint density at radius 2 is 0.580 bits per heavy atom. The number of para-hydroxylation sites is 5. The van der Waals surface area contributed by atoms with Crippen molar-refractivity contribution >= 4 is 82.5 Å². The molecule has 3 aromatic heterocycles. The van der Waals surface area contributed by atoms with Crippen molar-refractivity contribution in [2.75, 3.05) is 4.90 Å². The fourth-order valence-corrected chi connectivity index (χ4v) is 13.9. The molecule has 0 fully saturated rings. The second-order valence-corrected chi connectivity index (χ2v) is 23.2. The van der Waals surface area contributed by atoms with Gasteiger partial charge < -0.3 is 18.6 Å². The van der Waals surface area contributed by atoms with E-state index in [1.54, 1.807) is 0 Å². The van der Waals surface area contributed by atoms with Crippen molar-refractivity contribution in [2.45, 2.75) is 12.5 Å². The van der Waals surface area contributed by atoms with Crippen LogP contribution in [0.3, 0.4) is 0 Å². The fourth-order valence-electron chi connectivity index (χ4n) is 13.9. The number of allylic oxidation sites excluding steroid dienone is 4. The van der Waals surface area contributed by atoms with Gasteiger partial charge in [-0.05, 0) is 171 Å². The van der Waals surface area contributed by atoms with Gasteiger partial charge in [-0.15, -0.1) is 0 Å². The normalized spacial score (nSPS) is 13.2. The van der Waals surface area contributed by atoms with Crippen molar-refractivity contribution in [1.82, 2.24) is 13.7 Å². The quantitative estimate of drug-likeness (QED) is 0.126. The summed E-state index contributed by atoms with van der Waals surface area (Å²) in [6.45, 7) is 0. The maximum Gasteiger partial charge on any atom is 0.0560 e. The number of benzene rings is 13. The van der Waals surface area contributed by atoms with Crippen LogP contribution in [0.25, 0.3) is 132 Å². The second kappa shape index (κ2) is 21.2. The molecule has 414 valence electrons. The highest BCUT2D eigenvalue weighted by atomic mass is 15.1. The number of hydrogen-bond donors (Lipinski definition) is 0. The molecular formula is C84H58N4. The van der Waals surface area contributed by atoms with Gasteiger partial charge in [-0.3, -0.25) is 0 Å². The van der Waals surface area contributed by atoms with Crippen LogP contribution in [0.2, 0.25) is 0 Å². The molecule has 0 N–H and O–H groups in total. The molecule has 16 aromatic rings. The average molecular weight is 1120 g/mol. The van der Waals surface area contributed by atoms with E-state index in [2.05, 4.69) is 352 Å². The van der Waals surface area contributed by atoms with Crippen LogP contribution in [0.5, 0.6) is 0 Å². The van der Waals surface area contributed by atoms with Crippen LogP contribution in [-0.4, -0.2) is 13.7 Å². The Labute approximate surface area is 511 Å². The van der Waals surface area contributed by atoms with Gasteiger partial charge in [-0.1, -0.05) is 224 Å². The van der Waals surface area contributed by atoms with E-state index in [4.69, 9.17) is 0 Å². The lowest BCUT2D eigenvalue weighted by molar-refractivity contribution is 0.648. The van der Waals surface area contributed by atoms with Crippen molar-refractivity contribution in [3.63, 3.8) is 0 Å². The Balaban J connectivity index is 0.690. The van der Waals surface area contributed by atoms with E-state index in [0.717, 1.165) is 40.3 Å². The van der Waals surface area contributed by atoms with Gasteiger partial charge in [-0.25, -0.2) is 0 Å². The molecule has 13 aromatic carbocycles. The second-order valence-electron chi connectivity index (χ2n) is 23.2. The van der Waals surface area contributed by atoms with Crippen LogP contribution < -0.4 is 4.90 Å². The zero-order chi connectivity index (χ0) is 58.1. The number of fused-ring (bicyclic) bond motifs is 9. The van der Waals surface area contributed by atoms with E-state index < -0.39 is 0 Å². The summed E-state index contributed by atoms with van der Waals surface area (Å²) in [6.07, 6.45) is 9.91. The third kappa shape index (κ3) is 8.76. The van der Waals surface area contributed by atoms with Crippen LogP contribution in [0, 0.1) is 0 Å². The maximum absolute atomic E-state index is 2.51. The zero-order valence-corrected chi connectivity index (χ0v) is 48.3. The molecule has 88 heavy (non-hydrogen) atoms. The molecule has 4 nitrogen and oxygen atoms in total. The van der Waals surface area contributed by atoms with Gasteiger partial charge in [0.1, 0.15) is 0 Å². The Hall–Kier alpha value is -11.5. The van der Waals surface area contributed by atoms with Crippen molar-refractivity contribution < 1.29 is 0 Å². The van der Waals surface area contributed by atoms with E-state index in [1.165, 1.54) is 116 Å². The van der Waals surface area contributed by atoms with Crippen molar-refractivity contribution in [2.24, 2.45) is 0 Å². The van der Waals surface area contributed by atoms with E-state index in [9.17, 15) is 0 Å². The predicted octanol–water partition coefficient (Wildman–Crippen LogP) is 22.9. The molecule has 0 saturated carbocycles. The minimum absolute atomic E-state index is 0.302. The number of anilines is 3. The number of hydrogen-bond acceptors (Lipinski definition) is 1. The maximum atomic E-state index is 2.51. The first-order valence-electron chi connectivity index (χ1n) is 30.5. The molecule has 17 rings (SSSR count). The molecule has 0 bridgehead atoms. The lowest BCUT2D eigenvalue weighted by Gasteiger charge is -2.26. The van der Waals surface area contributed by atoms with Gasteiger partial charge in [0.25, 0.3) is 0 Å². The van der Waals surface area contributed by atoms with Crippen LogP contribution >= 0.6 is 0 Å². The summed E-state index contributed by atoms with van der Waals surface area (Å²) in [5, 5.41) is 7.58. The fraction of sp³-hybridized carbons (Fsp3) is 0.0238. The monoisotopic (exact) mass is 1120 g/mol. The van der Waals surface area contributed by atoms with Gasteiger partial charge in [0.15, 0.2) is 0 Å². The third-order valence-corrected chi connectivity index (χ3v) is 18.2. The average Bonchev–Trinajstić information content (AvgIpc) is 2.26. The lowest BCUT2D eigenvalue weighted by Crippen LogP contribution is -2.09. The highest BCUT2D eigenvalue weighted by Gasteiger charge is 2.20. The number of nitrogens with zero attached hydrogens (tertiary/aromatic N) is 4. The van der Waals surface area contributed by atoms with Gasteiger partial charge >= 0.3 is 0 Å². The van der Waals surface area contributed by atoms with Gasteiger partial charge in [0.05, 0.1) is 28.1 Å². The van der Waals surface area contributed by atoms with Gasteiger partial charge in [-0.2, -0.15) is 0 Å². The Morgan fingerprint density at radius 3 is 1.07 bits per heavy atom. The largest absolute Gasteiger partial charge is 0.333 e. The Kier molecular flexibility index (Phi) is 12.3. The van der Waals surface area contributed by atoms with E-state index in [-0.39, 0.29) is 0 Å². The van der Waals surface area contributed by atoms with Crippen LogP contribution in [-0.2, 0) is 0 Å². The molecule has 4 heteroatoms. The van der Waals surface area contributed by atoms with E-state index in [0.29, 0.717) is 6.04 Å². The summed E-state index contributed by atoms with van der Waals surface area (Å²) in [5.41, 5.74) is 24.7. The zero-order valence-electron chi connectivity index (χ0n) is 48.3. The summed E-state index contributed by atoms with van der Waals surface area (Å²) in [6, 6.07) is 114. The predicted molar refractivity (Wildman–Crippen MR) is 372 cm³/mol. The first kappa shape index (κ1) is 51.0. The van der Waals surface area contributed by atoms with E-state index in [1.807, 2.05) is 0 Å². The molecule has 0 saturated heterocycles. The molecule has 0 radical (unpaired) electrons. The molecule has 3 heterocycles. The summed E-state index contributed by atoms with van der Waals surface area (Å²) in [7, 11) is 0. The first-order chi connectivity index (χ1) is 43.6. The highest BCUT2D eigenvalue weighted by molar-refractivity contribution is 6.12. The SMILES string of the molecule is C1=CCC(n2c3ccccc3c3cc(-c4ccc(-c5ccc(N(c6ccc(-c7ccc(-c8ccc9c(c8)c8ccccc8n9-c8ccccc8)cc7)cc6)c6ccc(-c7ccc8c9ccccc9n(-c9ccccc9)c8c7)cc6)cc5)cc4)ccc32)C=C1. The Bertz CT molecular complexity index is 5350. The molecule has 1 atom stereocenters. The molecule has 0 amide bonds. The standard InChI is InChI=1S/C84H58N4/c1-4-16-67(17-5-1)86-80-26-14-11-23-74(80)77-54-64(43-52-82(77)86)61-32-28-57(29-33-61)59-36-45-70(46-37-59)85(72-49-40-63(41-50-72)66-42-51-76-73-22-10-13-25-79(73)88(84(76)56-66)69-20-8-3-9-21-69)71-47-38-60(39-48-71)58-30-34-62(35-31-58)65-44-53-83-78(55-65)75-24-12-15-27-81(75)87(83)68-18-6-2-7-19-68/h1-18,20-56,68H,19H2. The van der Waals surface area contributed by atoms with Crippen molar-refractivity contribution in [1.29, 1.82) is 0 Å². The molecular weight excluding hydrogens is 1060 g/mol. The minimum Gasteiger partial charge on any atom is -0.333 e. The minimum atomic E-state index is 0.302. The van der Waals surface area contributed by atoms with Crippen molar-refractivity contribution in [3.8, 4) is 67.0 Å². The Morgan fingerprint density at radius 1 is 0.250 bits per heavy atom. The molecule has 1 unspecified atom stereocenters. The summed E-state index contributed by atoms with van der Waals surface area (Å²) < 4.78 is 7.27. The van der Waals surface area contributed by atoms with Crippen molar-refractivity contribution in [3.05, 3.63) is 334 Å². The lowest BCUT2D eigenvalue weighted by atomic mass is 9.98. The first-order valence-corrected chi connectivity index (χ1v) is 30.5. The molecule has 0 aliphatic heterocycles. The number of rotatable bonds is 11. The summed E-state index contributed by atoms with van der Waals surface area (Å²) >= 11 is 0. The van der Waals surface area contributed by atoms with Gasteiger partial charge in [0.2, 0.25) is 0 Å². The van der Waals surface area contributed by atoms with Crippen LogP contribution in [0.4, 0.5) is 17.1 Å². The summed E-state index contributed by atoms with van der Waals surface area (Å²) in [4.78, 5) is 2.37. The molecule has 1 aliphatic rings. The van der Waals surface area contributed by atoms with Crippen LogP contribution in [0.15, 0.2) is 334 Å². The molecule has 0 spiro atoms. The van der Waals surface area contributed by atoms with E-state index >= 15 is 0 Å². The smallest absolute Gasteiger partial charge is 0.0560 e. The third-order valence-electron chi connectivity index (χ3n) is 18.2. The molecule has 1 aliphatic carbocycles. The van der Waals surface area contributed by atoms with Crippen LogP contribution in [0.1, 0.15) is 12.5 Å². The number of aromatic nitrogens is 3. The topological polar surface area (TPSA) is 18.0 Å². The highest BCUT2D eigenvalue weighted by Crippen LogP contribution is 2.42.